The van der Waals surface area contributed by atoms with Gasteiger partial charge in [-0.05, 0) is 68.4 Å². The van der Waals surface area contributed by atoms with Crippen molar-refractivity contribution in [3.63, 3.8) is 0 Å². The van der Waals surface area contributed by atoms with Gasteiger partial charge >= 0.3 is 6.03 Å². The van der Waals surface area contributed by atoms with Crippen molar-refractivity contribution in [3.05, 3.63) is 30.3 Å². The number of piperidine rings is 1. The summed E-state index contributed by atoms with van der Waals surface area (Å²) in [4.78, 5) is 55.2. The van der Waals surface area contributed by atoms with Gasteiger partial charge in [0.2, 0.25) is 11.8 Å². The van der Waals surface area contributed by atoms with E-state index in [1.165, 1.54) is 17.0 Å². The molecule has 3 fully saturated rings. The molecule has 0 bridgehead atoms. The van der Waals surface area contributed by atoms with Crippen LogP contribution in [0.1, 0.15) is 68.2 Å². The number of hydrogen-bond acceptors (Lipinski definition) is 6. The van der Waals surface area contributed by atoms with Gasteiger partial charge in [-0.15, -0.1) is 0 Å². The van der Waals surface area contributed by atoms with Gasteiger partial charge in [0.05, 0.1) is 4.90 Å². The fourth-order valence-electron chi connectivity index (χ4n) is 5.86. The van der Waals surface area contributed by atoms with Crippen molar-refractivity contribution < 1.29 is 27.6 Å². The Morgan fingerprint density at radius 2 is 1.56 bits per heavy atom. The molecule has 41 heavy (non-hydrogen) atoms. The molecule has 4 N–H and O–H groups in total. The van der Waals surface area contributed by atoms with Gasteiger partial charge < -0.3 is 20.9 Å². The van der Waals surface area contributed by atoms with Gasteiger partial charge in [0.25, 0.3) is 15.9 Å². The predicted octanol–water partition coefficient (Wildman–Crippen LogP) is 2.14. The first kappa shape index (κ1) is 30.8. The SMILES string of the molecule is CC(C)(C)NC(=O)NC(C(=O)N1CC2[C@@H]([C@H]1C(=O)NC1(C(=O)NS(=O)(=O)c3ccccc3)CC1)C2(C)C)C(C)(C)C. The third kappa shape index (κ3) is 6.22. The normalized spacial score (nSPS) is 24.9. The molecule has 2 unspecified atom stereocenters. The number of hydrogen-bond donors (Lipinski definition) is 4. The standard InChI is InChI=1S/C29H43N5O6S/c1-26(2,3)21(30-25(38)32-27(4,5)6)23(36)34-16-18-19(28(18,7)8)20(34)22(35)31-29(14-15-29)24(37)33-41(39,40)17-12-10-9-11-13-17/h9-13,18-21H,14-16H2,1-8H3,(H,31,35)(H,33,37)(H2,30,32,38)/t18?,19-,20-,21?/m0/s1. The van der Waals surface area contributed by atoms with Crippen LogP contribution in [0.25, 0.3) is 0 Å². The van der Waals surface area contributed by atoms with Crippen LogP contribution >= 0.6 is 0 Å². The summed E-state index contributed by atoms with van der Waals surface area (Å²) in [5, 5.41) is 8.44. The van der Waals surface area contributed by atoms with E-state index in [1.54, 1.807) is 18.2 Å². The van der Waals surface area contributed by atoms with E-state index in [1.807, 2.05) is 55.4 Å². The van der Waals surface area contributed by atoms with Gasteiger partial charge in [0, 0.05) is 12.1 Å². The van der Waals surface area contributed by atoms with Crippen molar-refractivity contribution in [3.8, 4) is 0 Å². The van der Waals surface area contributed by atoms with Crippen LogP contribution in [-0.4, -0.2) is 66.8 Å². The van der Waals surface area contributed by atoms with Crippen LogP contribution in [-0.2, 0) is 24.4 Å². The zero-order valence-electron chi connectivity index (χ0n) is 25.1. The molecule has 0 radical (unpaired) electrons. The number of amides is 5. The highest BCUT2D eigenvalue weighted by atomic mass is 32.2. The van der Waals surface area contributed by atoms with E-state index in [9.17, 15) is 27.6 Å². The lowest BCUT2D eigenvalue weighted by Crippen LogP contribution is -2.62. The van der Waals surface area contributed by atoms with Gasteiger partial charge in [-0.25, -0.2) is 17.9 Å². The smallest absolute Gasteiger partial charge is 0.315 e. The molecule has 4 atom stereocenters. The van der Waals surface area contributed by atoms with Crippen molar-refractivity contribution in [2.75, 3.05) is 6.54 Å². The van der Waals surface area contributed by atoms with E-state index in [0.717, 1.165) is 0 Å². The minimum atomic E-state index is -4.12. The topological polar surface area (TPSA) is 154 Å². The van der Waals surface area contributed by atoms with Crippen LogP contribution in [0.15, 0.2) is 35.2 Å². The van der Waals surface area contributed by atoms with Crippen molar-refractivity contribution in [2.45, 2.75) is 96.3 Å². The fourth-order valence-corrected chi connectivity index (χ4v) is 6.93. The maximum absolute atomic E-state index is 14.0. The highest BCUT2D eigenvalue weighted by molar-refractivity contribution is 7.90. The van der Waals surface area contributed by atoms with Crippen LogP contribution in [0.2, 0.25) is 0 Å². The lowest BCUT2D eigenvalue weighted by Gasteiger charge is -2.38. The van der Waals surface area contributed by atoms with Crippen LogP contribution in [0.3, 0.4) is 0 Å². The minimum Gasteiger partial charge on any atom is -0.340 e. The molecule has 1 aliphatic heterocycles. The van der Waals surface area contributed by atoms with E-state index in [2.05, 4.69) is 20.7 Å². The largest absolute Gasteiger partial charge is 0.340 e. The summed E-state index contributed by atoms with van der Waals surface area (Å²) >= 11 is 0. The number of sulfonamides is 1. The lowest BCUT2D eigenvalue weighted by molar-refractivity contribution is -0.144. The first-order valence-electron chi connectivity index (χ1n) is 14.0. The first-order valence-corrected chi connectivity index (χ1v) is 15.5. The second kappa shape index (κ2) is 9.99. The second-order valence-electron chi connectivity index (χ2n) is 14.4. The third-order valence-electron chi connectivity index (χ3n) is 8.46. The molecule has 1 heterocycles. The Balaban J connectivity index is 1.53. The van der Waals surface area contributed by atoms with E-state index in [4.69, 9.17) is 0 Å². The molecule has 1 aromatic rings. The molecule has 0 spiro atoms. The number of urea groups is 1. The first-order chi connectivity index (χ1) is 18.7. The number of rotatable bonds is 7. The molecule has 2 saturated carbocycles. The van der Waals surface area contributed by atoms with E-state index in [0.29, 0.717) is 6.54 Å². The van der Waals surface area contributed by atoms with Gasteiger partial charge in [0.1, 0.15) is 17.6 Å². The maximum Gasteiger partial charge on any atom is 0.315 e. The molecule has 226 valence electrons. The lowest BCUT2D eigenvalue weighted by atomic mass is 9.85. The molecule has 0 aromatic heterocycles. The zero-order valence-corrected chi connectivity index (χ0v) is 25.9. The Morgan fingerprint density at radius 3 is 2.07 bits per heavy atom. The van der Waals surface area contributed by atoms with Crippen LogP contribution in [0.4, 0.5) is 4.79 Å². The number of nitrogens with zero attached hydrogens (tertiary/aromatic N) is 1. The summed E-state index contributed by atoms with van der Waals surface area (Å²) < 4.78 is 27.6. The quantitative estimate of drug-likeness (QED) is 0.382. The van der Waals surface area contributed by atoms with Crippen LogP contribution in [0, 0.1) is 22.7 Å². The van der Waals surface area contributed by atoms with Crippen molar-refractivity contribution in [2.24, 2.45) is 22.7 Å². The van der Waals surface area contributed by atoms with Gasteiger partial charge in [-0.1, -0.05) is 52.8 Å². The molecule has 4 rings (SSSR count). The number of fused-ring (bicyclic) bond motifs is 1. The Kier molecular flexibility index (Phi) is 7.51. The average Bonchev–Trinajstić information content (AvgIpc) is 3.65. The average molecular weight is 590 g/mol. The van der Waals surface area contributed by atoms with Crippen LogP contribution in [0.5, 0.6) is 0 Å². The summed E-state index contributed by atoms with van der Waals surface area (Å²) in [5.74, 6) is -1.69. The summed E-state index contributed by atoms with van der Waals surface area (Å²) in [6.07, 6.45) is 0.568. The molecule has 2 aliphatic carbocycles. The van der Waals surface area contributed by atoms with Crippen molar-refractivity contribution in [1.82, 2.24) is 25.6 Å². The molecular formula is C29H43N5O6S. The molecule has 12 heteroatoms. The predicted molar refractivity (Wildman–Crippen MR) is 153 cm³/mol. The Hall–Kier alpha value is -3.15. The van der Waals surface area contributed by atoms with Crippen LogP contribution < -0.4 is 20.7 Å². The summed E-state index contributed by atoms with van der Waals surface area (Å²) in [6, 6.07) is 5.30. The molecule has 1 saturated heterocycles. The highest BCUT2D eigenvalue weighted by Gasteiger charge is 2.70. The monoisotopic (exact) mass is 589 g/mol. The van der Waals surface area contributed by atoms with Gasteiger partial charge in [0.15, 0.2) is 0 Å². The molecule has 1 aromatic carbocycles. The number of carbonyl (C=O) groups is 4. The van der Waals surface area contributed by atoms with E-state index in [-0.39, 0.29) is 40.9 Å². The summed E-state index contributed by atoms with van der Waals surface area (Å²) in [6.45, 7) is 15.5. The Labute approximate surface area is 242 Å². The number of nitrogens with one attached hydrogen (secondary N) is 4. The maximum atomic E-state index is 14.0. The van der Waals surface area contributed by atoms with Gasteiger partial charge in [-0.2, -0.15) is 0 Å². The van der Waals surface area contributed by atoms with Crippen molar-refractivity contribution >= 4 is 33.8 Å². The fraction of sp³-hybridized carbons (Fsp3) is 0.655. The molecule has 5 amide bonds. The Bertz CT molecular complexity index is 1340. The Morgan fingerprint density at radius 1 is 0.976 bits per heavy atom. The number of likely N-dealkylation sites (tertiary alicyclic amines) is 1. The number of carbonyl (C=O) groups excluding carboxylic acids is 4. The second-order valence-corrected chi connectivity index (χ2v) is 16.0. The van der Waals surface area contributed by atoms with E-state index >= 15 is 0 Å². The zero-order chi connectivity index (χ0) is 30.8. The number of benzene rings is 1. The third-order valence-corrected chi connectivity index (χ3v) is 9.81. The summed E-state index contributed by atoms with van der Waals surface area (Å²) in [5.41, 5.74) is -2.70. The van der Waals surface area contributed by atoms with Crippen molar-refractivity contribution in [1.29, 1.82) is 0 Å². The molecular weight excluding hydrogens is 546 g/mol. The molecule has 11 nitrogen and oxygen atoms in total. The van der Waals surface area contributed by atoms with E-state index < -0.39 is 56.4 Å². The van der Waals surface area contributed by atoms with Gasteiger partial charge in [-0.3, -0.25) is 14.4 Å². The minimum absolute atomic E-state index is 0.0539. The summed E-state index contributed by atoms with van der Waals surface area (Å²) in [7, 11) is -4.12. The highest BCUT2D eigenvalue weighted by Crippen LogP contribution is 2.65. The molecule has 3 aliphatic rings.